The van der Waals surface area contributed by atoms with Crippen LogP contribution in [0.5, 0.6) is 5.88 Å². The van der Waals surface area contributed by atoms with Crippen molar-refractivity contribution in [3.63, 3.8) is 0 Å². The molecule has 2 aromatic rings. The van der Waals surface area contributed by atoms with Crippen molar-refractivity contribution in [3.8, 4) is 5.88 Å². The number of benzene rings is 1. The minimum absolute atomic E-state index is 0.124. The van der Waals surface area contributed by atoms with Gasteiger partial charge in [-0.2, -0.15) is 0 Å². The minimum Gasteiger partial charge on any atom is -0.471 e. The van der Waals surface area contributed by atoms with E-state index in [0.29, 0.717) is 35.1 Å². The normalized spacial score (nSPS) is 22.5. The van der Waals surface area contributed by atoms with E-state index in [1.165, 1.54) is 17.2 Å². The monoisotopic (exact) mass is 392 g/mol. The molecule has 3 heterocycles. The summed E-state index contributed by atoms with van der Waals surface area (Å²) in [5, 5.41) is 3.62. The van der Waals surface area contributed by atoms with Gasteiger partial charge in [-0.1, -0.05) is 6.08 Å². The zero-order chi connectivity index (χ0) is 18.8. The summed E-state index contributed by atoms with van der Waals surface area (Å²) in [7, 11) is -0.860. The molecule has 0 aliphatic carbocycles. The summed E-state index contributed by atoms with van der Waals surface area (Å²) in [6.07, 6.45) is 2.73. The van der Waals surface area contributed by atoms with Gasteiger partial charge in [0.2, 0.25) is 0 Å². The Balaban J connectivity index is 1.44. The Morgan fingerprint density at radius 1 is 1.37 bits per heavy atom. The fourth-order valence-corrected chi connectivity index (χ4v) is 4.05. The number of carbonyl (C=O) groups excluding carboxylic acids is 1. The topological polar surface area (TPSA) is 81.9 Å². The molecule has 4 rings (SSSR count). The van der Waals surface area contributed by atoms with Gasteiger partial charge < -0.3 is 14.0 Å². The standard InChI is InChI=1S/C18H17FN2O5S/c19-16-9-13(1-2-15(16)12-4-7-27(23)8-5-12)21-10-14(26-18(21)22)11-24-17-3-6-25-20-17/h1-4,6,9,14H,5,7-8,10-11H2/t14-,27?/m1/s1. The molecular weight excluding hydrogens is 375 g/mol. The lowest BCUT2D eigenvalue weighted by Gasteiger charge is -2.17. The van der Waals surface area contributed by atoms with Crippen LogP contribution in [0.1, 0.15) is 12.0 Å². The highest BCUT2D eigenvalue weighted by molar-refractivity contribution is 7.85. The Kier molecular flexibility index (Phi) is 4.93. The van der Waals surface area contributed by atoms with E-state index in [9.17, 15) is 13.4 Å². The van der Waals surface area contributed by atoms with Crippen molar-refractivity contribution < 1.29 is 27.4 Å². The van der Waals surface area contributed by atoms with Gasteiger partial charge in [0.05, 0.1) is 12.2 Å². The Labute approximate surface area is 157 Å². The predicted molar refractivity (Wildman–Crippen MR) is 96.5 cm³/mol. The van der Waals surface area contributed by atoms with E-state index in [-0.39, 0.29) is 13.2 Å². The highest BCUT2D eigenvalue weighted by atomic mass is 32.2. The number of hydrogen-bond acceptors (Lipinski definition) is 6. The largest absolute Gasteiger partial charge is 0.471 e. The molecule has 1 amide bonds. The van der Waals surface area contributed by atoms with Crippen molar-refractivity contribution in [2.45, 2.75) is 12.5 Å². The summed E-state index contributed by atoms with van der Waals surface area (Å²) in [5.74, 6) is 0.879. The molecule has 2 aliphatic heterocycles. The first-order valence-electron chi connectivity index (χ1n) is 8.45. The number of anilines is 1. The van der Waals surface area contributed by atoms with E-state index in [0.717, 1.165) is 5.57 Å². The number of ether oxygens (including phenoxy) is 2. The number of carbonyl (C=O) groups is 1. The van der Waals surface area contributed by atoms with Crippen LogP contribution >= 0.6 is 0 Å². The number of nitrogens with zero attached hydrogens (tertiary/aromatic N) is 2. The van der Waals surface area contributed by atoms with Crippen LogP contribution in [-0.2, 0) is 15.5 Å². The number of amides is 1. The molecule has 27 heavy (non-hydrogen) atoms. The summed E-state index contributed by atoms with van der Waals surface area (Å²) >= 11 is 0. The quantitative estimate of drug-likeness (QED) is 0.778. The van der Waals surface area contributed by atoms with Crippen LogP contribution in [-0.4, -0.2) is 46.2 Å². The molecule has 2 atom stereocenters. The van der Waals surface area contributed by atoms with E-state index in [2.05, 4.69) is 9.68 Å². The maximum Gasteiger partial charge on any atom is 0.414 e. The molecule has 1 aromatic heterocycles. The maximum absolute atomic E-state index is 14.6. The lowest BCUT2D eigenvalue weighted by Crippen LogP contribution is -2.26. The highest BCUT2D eigenvalue weighted by Crippen LogP contribution is 2.29. The second-order valence-corrected chi connectivity index (χ2v) is 7.84. The molecular formula is C18H17FN2O5S. The predicted octanol–water partition coefficient (Wildman–Crippen LogP) is 2.75. The van der Waals surface area contributed by atoms with E-state index in [4.69, 9.17) is 9.47 Å². The molecule has 1 unspecified atom stereocenters. The number of cyclic esters (lactones) is 1. The molecule has 2 aliphatic rings. The van der Waals surface area contributed by atoms with Gasteiger partial charge in [-0.05, 0) is 35.3 Å². The van der Waals surface area contributed by atoms with Crippen molar-refractivity contribution in [1.82, 2.24) is 5.16 Å². The second-order valence-electron chi connectivity index (χ2n) is 6.22. The van der Waals surface area contributed by atoms with Crippen LogP contribution in [0.3, 0.4) is 0 Å². The van der Waals surface area contributed by atoms with Crippen LogP contribution in [0, 0.1) is 5.82 Å². The van der Waals surface area contributed by atoms with E-state index < -0.39 is 28.8 Å². The van der Waals surface area contributed by atoms with Crippen molar-refractivity contribution in [2.75, 3.05) is 29.6 Å². The van der Waals surface area contributed by atoms with E-state index in [1.54, 1.807) is 18.2 Å². The van der Waals surface area contributed by atoms with Crippen molar-refractivity contribution in [3.05, 3.63) is 48.0 Å². The summed E-state index contributed by atoms with van der Waals surface area (Å²) in [6.45, 7) is 0.372. The fraction of sp³-hybridized carbons (Fsp3) is 0.333. The smallest absolute Gasteiger partial charge is 0.414 e. The summed E-state index contributed by atoms with van der Waals surface area (Å²) in [6, 6.07) is 6.21. The molecule has 1 fully saturated rings. The van der Waals surface area contributed by atoms with Gasteiger partial charge in [0, 0.05) is 33.9 Å². The average Bonchev–Trinajstić information content (AvgIpc) is 3.30. The van der Waals surface area contributed by atoms with Crippen LogP contribution in [0.25, 0.3) is 5.57 Å². The van der Waals surface area contributed by atoms with Crippen LogP contribution in [0.4, 0.5) is 14.9 Å². The third-order valence-corrected chi connectivity index (χ3v) is 5.63. The van der Waals surface area contributed by atoms with Crippen LogP contribution < -0.4 is 9.64 Å². The third-order valence-electron chi connectivity index (χ3n) is 4.43. The zero-order valence-electron chi connectivity index (χ0n) is 14.3. The summed E-state index contributed by atoms with van der Waals surface area (Å²) in [4.78, 5) is 13.5. The Bertz CT molecular complexity index is 899. The zero-order valence-corrected chi connectivity index (χ0v) is 15.1. The molecule has 0 spiro atoms. The molecule has 1 aromatic carbocycles. The Morgan fingerprint density at radius 3 is 2.96 bits per heavy atom. The van der Waals surface area contributed by atoms with Gasteiger partial charge in [0.1, 0.15) is 18.7 Å². The van der Waals surface area contributed by atoms with Crippen LogP contribution in [0.15, 0.2) is 41.1 Å². The first kappa shape index (κ1) is 17.7. The lowest BCUT2D eigenvalue weighted by molar-refractivity contribution is 0.102. The second kappa shape index (κ2) is 7.51. The van der Waals surface area contributed by atoms with Gasteiger partial charge in [-0.3, -0.25) is 9.11 Å². The molecule has 0 radical (unpaired) electrons. The van der Waals surface area contributed by atoms with E-state index in [1.807, 2.05) is 6.08 Å². The number of aromatic nitrogens is 1. The van der Waals surface area contributed by atoms with Gasteiger partial charge in [0.15, 0.2) is 6.10 Å². The van der Waals surface area contributed by atoms with Gasteiger partial charge in [0.25, 0.3) is 5.88 Å². The number of allylic oxidation sites excluding steroid dienone is 1. The SMILES string of the molecule is O=C1O[C@@H](COc2ccon2)CN1c1ccc(C2=CCS(=O)CC2)c(F)c1. The molecule has 1 saturated heterocycles. The molecule has 9 heteroatoms. The van der Waals surface area contributed by atoms with Crippen molar-refractivity contribution >= 4 is 28.2 Å². The minimum atomic E-state index is -0.860. The third kappa shape index (κ3) is 3.87. The highest BCUT2D eigenvalue weighted by Gasteiger charge is 2.33. The molecule has 0 bridgehead atoms. The lowest BCUT2D eigenvalue weighted by atomic mass is 10.0. The first-order chi connectivity index (χ1) is 13.1. The van der Waals surface area contributed by atoms with Gasteiger partial charge in [-0.15, -0.1) is 0 Å². The van der Waals surface area contributed by atoms with Crippen molar-refractivity contribution in [2.24, 2.45) is 0 Å². The number of rotatable bonds is 5. The molecule has 7 nitrogen and oxygen atoms in total. The van der Waals surface area contributed by atoms with E-state index >= 15 is 0 Å². The van der Waals surface area contributed by atoms with Gasteiger partial charge in [-0.25, -0.2) is 9.18 Å². The molecule has 0 N–H and O–H groups in total. The molecule has 142 valence electrons. The molecule has 0 saturated carbocycles. The Morgan fingerprint density at radius 2 is 2.26 bits per heavy atom. The average molecular weight is 392 g/mol. The Hall–Kier alpha value is -2.68. The number of halogens is 1. The maximum atomic E-state index is 14.6. The van der Waals surface area contributed by atoms with Gasteiger partial charge >= 0.3 is 6.09 Å². The first-order valence-corrected chi connectivity index (χ1v) is 9.94. The number of hydrogen-bond donors (Lipinski definition) is 0. The fourth-order valence-electron chi connectivity index (χ4n) is 3.05. The summed E-state index contributed by atoms with van der Waals surface area (Å²) in [5.41, 5.74) is 1.75. The van der Waals surface area contributed by atoms with Crippen LogP contribution in [0.2, 0.25) is 0 Å². The van der Waals surface area contributed by atoms with Crippen molar-refractivity contribution in [1.29, 1.82) is 0 Å². The summed E-state index contributed by atoms with van der Waals surface area (Å²) < 4.78 is 41.4.